The Bertz CT molecular complexity index is 358. The smallest absolute Gasteiger partial charge is 0.307 e. The Morgan fingerprint density at radius 2 is 2.27 bits per heavy atom. The van der Waals surface area contributed by atoms with E-state index in [0.717, 1.165) is 17.5 Å². The van der Waals surface area contributed by atoms with Crippen molar-refractivity contribution in [2.24, 2.45) is 5.73 Å². The second kappa shape index (κ2) is 5.98. The minimum atomic E-state index is -0.807. The van der Waals surface area contributed by atoms with E-state index in [1.165, 1.54) is 0 Å². The van der Waals surface area contributed by atoms with Crippen molar-refractivity contribution in [1.29, 1.82) is 0 Å². The molecule has 80 valence electrons. The lowest BCUT2D eigenvalue weighted by molar-refractivity contribution is -0.136. The highest BCUT2D eigenvalue weighted by Gasteiger charge is 1.99. The summed E-state index contributed by atoms with van der Waals surface area (Å²) in [4.78, 5) is 10.5. The number of carboxylic acids is 1. The molecule has 3 nitrogen and oxygen atoms in total. The molecular formula is C12H15NO2. The van der Waals surface area contributed by atoms with Crippen LogP contribution >= 0.6 is 0 Å². The number of carbonyl (C=O) groups is 1. The number of benzene rings is 1. The molecule has 0 saturated heterocycles. The highest BCUT2D eigenvalue weighted by molar-refractivity contribution is 5.70. The molecule has 1 aromatic rings. The van der Waals surface area contributed by atoms with Crippen LogP contribution in [-0.2, 0) is 11.2 Å². The van der Waals surface area contributed by atoms with Crippen LogP contribution in [0.3, 0.4) is 0 Å². The summed E-state index contributed by atoms with van der Waals surface area (Å²) in [6, 6.07) is 7.49. The minimum Gasteiger partial charge on any atom is -0.481 e. The number of carboxylic acid groups (broad SMARTS) is 1. The molecule has 15 heavy (non-hydrogen) atoms. The normalized spacial score (nSPS) is 10.7. The topological polar surface area (TPSA) is 63.3 Å². The van der Waals surface area contributed by atoms with E-state index in [2.05, 4.69) is 0 Å². The average Bonchev–Trinajstić information content (AvgIpc) is 2.18. The molecule has 0 bridgehead atoms. The van der Waals surface area contributed by atoms with E-state index < -0.39 is 5.97 Å². The van der Waals surface area contributed by atoms with E-state index in [1.54, 1.807) is 0 Å². The van der Waals surface area contributed by atoms with Crippen molar-refractivity contribution in [3.8, 4) is 0 Å². The first kappa shape index (κ1) is 11.5. The Kier molecular flexibility index (Phi) is 4.57. The standard InChI is InChI=1S/C12H15NO2/c13-7-2-1-4-10-5-3-6-11(8-10)9-12(14)15/h1,3-6,8H,2,7,9,13H2,(H,14,15). The summed E-state index contributed by atoms with van der Waals surface area (Å²) in [6.45, 7) is 0.630. The number of nitrogens with two attached hydrogens (primary N) is 1. The Morgan fingerprint density at radius 3 is 2.93 bits per heavy atom. The SMILES string of the molecule is NCCC=Cc1cccc(CC(=O)O)c1. The van der Waals surface area contributed by atoms with Crippen molar-refractivity contribution in [2.45, 2.75) is 12.8 Å². The fourth-order valence-electron chi connectivity index (χ4n) is 1.30. The fourth-order valence-corrected chi connectivity index (χ4v) is 1.30. The van der Waals surface area contributed by atoms with Crippen LogP contribution in [0.5, 0.6) is 0 Å². The van der Waals surface area contributed by atoms with Crippen molar-refractivity contribution in [3.05, 3.63) is 41.5 Å². The van der Waals surface area contributed by atoms with Crippen molar-refractivity contribution in [1.82, 2.24) is 0 Å². The monoisotopic (exact) mass is 205 g/mol. The number of rotatable bonds is 5. The molecule has 0 aliphatic carbocycles. The molecule has 0 unspecified atom stereocenters. The van der Waals surface area contributed by atoms with Crippen LogP contribution in [0.4, 0.5) is 0 Å². The fraction of sp³-hybridized carbons (Fsp3) is 0.250. The molecule has 0 aliphatic rings. The van der Waals surface area contributed by atoms with Gasteiger partial charge in [0.25, 0.3) is 0 Å². The molecule has 0 amide bonds. The molecule has 1 aromatic carbocycles. The largest absolute Gasteiger partial charge is 0.481 e. The Balaban J connectivity index is 2.69. The molecule has 3 N–H and O–H groups in total. The van der Waals surface area contributed by atoms with E-state index in [9.17, 15) is 4.79 Å². The predicted molar refractivity (Wildman–Crippen MR) is 60.5 cm³/mol. The molecule has 0 fully saturated rings. The zero-order chi connectivity index (χ0) is 11.1. The van der Waals surface area contributed by atoms with Gasteiger partial charge in [0.2, 0.25) is 0 Å². The first-order valence-corrected chi connectivity index (χ1v) is 4.89. The molecule has 0 heterocycles. The third-order valence-corrected chi connectivity index (χ3v) is 1.95. The van der Waals surface area contributed by atoms with Gasteiger partial charge in [-0.3, -0.25) is 4.79 Å². The van der Waals surface area contributed by atoms with E-state index in [1.807, 2.05) is 36.4 Å². The number of aliphatic carboxylic acids is 1. The highest BCUT2D eigenvalue weighted by Crippen LogP contribution is 2.08. The lowest BCUT2D eigenvalue weighted by Crippen LogP contribution is -1.99. The summed E-state index contributed by atoms with van der Waals surface area (Å²) in [5.74, 6) is -0.807. The van der Waals surface area contributed by atoms with Crippen molar-refractivity contribution >= 4 is 12.0 Å². The lowest BCUT2D eigenvalue weighted by Gasteiger charge is -1.98. The Labute approximate surface area is 89.2 Å². The second-order valence-corrected chi connectivity index (χ2v) is 3.30. The van der Waals surface area contributed by atoms with Gasteiger partial charge in [0.05, 0.1) is 6.42 Å². The first-order valence-electron chi connectivity index (χ1n) is 4.89. The summed E-state index contributed by atoms with van der Waals surface area (Å²) in [7, 11) is 0. The quantitative estimate of drug-likeness (QED) is 0.768. The van der Waals surface area contributed by atoms with Crippen LogP contribution in [0.1, 0.15) is 17.5 Å². The zero-order valence-electron chi connectivity index (χ0n) is 8.52. The molecule has 0 aliphatic heterocycles. The molecule has 0 saturated carbocycles. The molecular weight excluding hydrogens is 190 g/mol. The first-order chi connectivity index (χ1) is 7.22. The maximum Gasteiger partial charge on any atom is 0.307 e. The molecule has 0 spiro atoms. The lowest BCUT2D eigenvalue weighted by atomic mass is 10.1. The van der Waals surface area contributed by atoms with Crippen LogP contribution in [0.15, 0.2) is 30.3 Å². The van der Waals surface area contributed by atoms with Gasteiger partial charge in [-0.1, -0.05) is 36.4 Å². The summed E-state index contributed by atoms with van der Waals surface area (Å²) in [5.41, 5.74) is 7.19. The number of hydrogen-bond acceptors (Lipinski definition) is 2. The summed E-state index contributed by atoms with van der Waals surface area (Å²) in [5, 5.41) is 8.64. The molecule has 0 aromatic heterocycles. The van der Waals surface area contributed by atoms with Crippen LogP contribution in [0.25, 0.3) is 6.08 Å². The Hall–Kier alpha value is -1.61. The van der Waals surface area contributed by atoms with Gasteiger partial charge in [0, 0.05) is 0 Å². The van der Waals surface area contributed by atoms with Crippen molar-refractivity contribution in [2.75, 3.05) is 6.54 Å². The maximum atomic E-state index is 10.5. The van der Waals surface area contributed by atoms with Gasteiger partial charge < -0.3 is 10.8 Å². The van der Waals surface area contributed by atoms with Gasteiger partial charge in [-0.25, -0.2) is 0 Å². The van der Waals surface area contributed by atoms with Gasteiger partial charge in [-0.2, -0.15) is 0 Å². The third-order valence-electron chi connectivity index (χ3n) is 1.95. The van der Waals surface area contributed by atoms with Gasteiger partial charge in [-0.15, -0.1) is 0 Å². The van der Waals surface area contributed by atoms with Crippen LogP contribution in [0.2, 0.25) is 0 Å². The van der Waals surface area contributed by atoms with Crippen LogP contribution in [-0.4, -0.2) is 17.6 Å². The Morgan fingerprint density at radius 1 is 1.47 bits per heavy atom. The van der Waals surface area contributed by atoms with Crippen molar-refractivity contribution < 1.29 is 9.90 Å². The van der Waals surface area contributed by atoms with Crippen molar-refractivity contribution in [3.63, 3.8) is 0 Å². The average molecular weight is 205 g/mol. The van der Waals surface area contributed by atoms with Gasteiger partial charge in [-0.05, 0) is 24.1 Å². The highest BCUT2D eigenvalue weighted by atomic mass is 16.4. The van der Waals surface area contributed by atoms with Crippen LogP contribution < -0.4 is 5.73 Å². The molecule has 0 atom stereocenters. The molecule has 1 rings (SSSR count). The number of hydrogen-bond donors (Lipinski definition) is 2. The maximum absolute atomic E-state index is 10.5. The summed E-state index contributed by atoms with van der Waals surface area (Å²) >= 11 is 0. The van der Waals surface area contributed by atoms with Gasteiger partial charge >= 0.3 is 5.97 Å². The van der Waals surface area contributed by atoms with E-state index >= 15 is 0 Å². The molecule has 0 radical (unpaired) electrons. The summed E-state index contributed by atoms with van der Waals surface area (Å²) < 4.78 is 0. The van der Waals surface area contributed by atoms with Crippen LogP contribution in [0, 0.1) is 0 Å². The van der Waals surface area contributed by atoms with Gasteiger partial charge in [0.1, 0.15) is 0 Å². The second-order valence-electron chi connectivity index (χ2n) is 3.30. The minimum absolute atomic E-state index is 0.0680. The van der Waals surface area contributed by atoms with Gasteiger partial charge in [0.15, 0.2) is 0 Å². The zero-order valence-corrected chi connectivity index (χ0v) is 8.52. The predicted octanol–water partition coefficient (Wildman–Crippen LogP) is 1.68. The van der Waals surface area contributed by atoms with E-state index in [-0.39, 0.29) is 6.42 Å². The summed E-state index contributed by atoms with van der Waals surface area (Å²) in [6.07, 6.45) is 4.85. The molecule has 3 heteroatoms. The third kappa shape index (κ3) is 4.42. The van der Waals surface area contributed by atoms with E-state index in [0.29, 0.717) is 6.54 Å². The van der Waals surface area contributed by atoms with E-state index in [4.69, 9.17) is 10.8 Å².